The molecule has 1 unspecified atom stereocenters. The summed E-state index contributed by atoms with van der Waals surface area (Å²) in [7, 11) is 1.87. The highest BCUT2D eigenvalue weighted by Crippen LogP contribution is 2.17. The summed E-state index contributed by atoms with van der Waals surface area (Å²) in [6.45, 7) is 1.08. The van der Waals surface area contributed by atoms with Crippen LogP contribution in [0.4, 0.5) is 4.39 Å². The van der Waals surface area contributed by atoms with Crippen molar-refractivity contribution in [2.75, 3.05) is 13.6 Å². The number of carbonyl (C=O) groups excluding carboxylic acids is 1. The maximum absolute atomic E-state index is 13.5. The van der Waals surface area contributed by atoms with Crippen LogP contribution in [-0.4, -0.2) is 19.6 Å². The van der Waals surface area contributed by atoms with Gasteiger partial charge in [-0.2, -0.15) is 0 Å². The monoisotopic (exact) mass is 259 g/mol. The molecule has 0 fully saturated rings. The molecular weight excluding hydrogens is 245 g/mol. The third kappa shape index (κ3) is 4.71. The summed E-state index contributed by atoms with van der Waals surface area (Å²) < 4.78 is 13.5. The van der Waals surface area contributed by atoms with E-state index in [-0.39, 0.29) is 12.2 Å². The number of aliphatic carboxylic acids is 1. The molecule has 1 N–H and O–H groups in total. The molecule has 0 spiro atoms. The summed E-state index contributed by atoms with van der Waals surface area (Å²) in [5.41, 5.74) is 0.472. The van der Waals surface area contributed by atoms with Crippen molar-refractivity contribution >= 4 is 17.6 Å². The second kappa shape index (κ2) is 6.57. The lowest BCUT2D eigenvalue weighted by atomic mass is 10.2. The van der Waals surface area contributed by atoms with Crippen LogP contribution in [0.15, 0.2) is 18.2 Å². The van der Waals surface area contributed by atoms with Gasteiger partial charge in [0, 0.05) is 12.4 Å². The highest BCUT2D eigenvalue weighted by molar-refractivity contribution is 6.31. The van der Waals surface area contributed by atoms with Crippen LogP contribution < -0.4 is 10.0 Å². The van der Waals surface area contributed by atoms with Crippen LogP contribution in [0.25, 0.3) is 0 Å². The Morgan fingerprint density at radius 2 is 2.24 bits per heavy atom. The first-order valence-corrected chi connectivity index (χ1v) is 5.82. The molecule has 0 aliphatic heterocycles. The minimum atomic E-state index is -1.05. The van der Waals surface area contributed by atoms with Crippen molar-refractivity contribution < 1.29 is 19.2 Å². The third-order valence-corrected chi connectivity index (χ3v) is 2.88. The smallest absolute Gasteiger partial charge is 0.133 e. The number of nitrogens with one attached hydrogen (secondary N) is 1. The topological polar surface area (TPSA) is 44.6 Å². The van der Waals surface area contributed by atoms with E-state index >= 15 is 0 Å². The van der Waals surface area contributed by atoms with Crippen LogP contribution >= 0.6 is 11.6 Å². The SMILES string of the molecule is C[NH+](CCCC(=O)[O-])Cc1c(F)cccc1Cl. The van der Waals surface area contributed by atoms with E-state index in [0.29, 0.717) is 30.1 Å². The maximum Gasteiger partial charge on any atom is 0.133 e. The zero-order valence-electron chi connectivity index (χ0n) is 9.63. The third-order valence-electron chi connectivity index (χ3n) is 2.52. The Hall–Kier alpha value is -1.13. The number of rotatable bonds is 6. The second-order valence-electron chi connectivity index (χ2n) is 4.06. The average molecular weight is 260 g/mol. The first-order valence-electron chi connectivity index (χ1n) is 5.44. The fourth-order valence-corrected chi connectivity index (χ4v) is 1.86. The molecule has 0 aliphatic rings. The van der Waals surface area contributed by atoms with Crippen molar-refractivity contribution in [1.29, 1.82) is 0 Å². The van der Waals surface area contributed by atoms with E-state index in [0.717, 1.165) is 4.90 Å². The molecule has 0 aliphatic carbocycles. The van der Waals surface area contributed by atoms with Crippen molar-refractivity contribution in [2.24, 2.45) is 0 Å². The summed E-state index contributed by atoms with van der Waals surface area (Å²) in [6.07, 6.45) is 0.544. The minimum absolute atomic E-state index is 0.0301. The Labute approximate surface area is 105 Å². The molecule has 1 aromatic carbocycles. The van der Waals surface area contributed by atoms with Gasteiger partial charge in [-0.05, 0) is 18.6 Å². The van der Waals surface area contributed by atoms with E-state index in [4.69, 9.17) is 11.6 Å². The normalized spacial score (nSPS) is 12.4. The predicted molar refractivity (Wildman–Crippen MR) is 61.1 cm³/mol. The lowest BCUT2D eigenvalue weighted by Crippen LogP contribution is -3.07. The zero-order chi connectivity index (χ0) is 12.8. The molecule has 0 saturated heterocycles. The van der Waals surface area contributed by atoms with E-state index in [2.05, 4.69) is 0 Å². The zero-order valence-corrected chi connectivity index (χ0v) is 10.4. The molecule has 0 radical (unpaired) electrons. The Morgan fingerprint density at radius 3 is 2.82 bits per heavy atom. The van der Waals surface area contributed by atoms with Gasteiger partial charge >= 0.3 is 0 Å². The molecule has 0 amide bonds. The van der Waals surface area contributed by atoms with Gasteiger partial charge in [-0.3, -0.25) is 0 Å². The molecule has 1 rings (SSSR count). The number of carbonyl (C=O) groups is 1. The van der Waals surface area contributed by atoms with Crippen LogP contribution in [0.1, 0.15) is 18.4 Å². The van der Waals surface area contributed by atoms with Gasteiger partial charge in [0.1, 0.15) is 12.4 Å². The van der Waals surface area contributed by atoms with Gasteiger partial charge in [0.05, 0.1) is 24.2 Å². The quantitative estimate of drug-likeness (QED) is 0.783. The fourth-order valence-electron chi connectivity index (χ4n) is 1.63. The molecule has 5 heteroatoms. The Morgan fingerprint density at radius 1 is 1.53 bits per heavy atom. The standard InChI is InChI=1S/C12H15ClFNO2/c1-15(7-3-6-12(16)17)8-9-10(13)4-2-5-11(9)14/h2,4-5H,3,6-8H2,1H3,(H,16,17). The van der Waals surface area contributed by atoms with Crippen molar-refractivity contribution in [1.82, 2.24) is 0 Å². The molecule has 17 heavy (non-hydrogen) atoms. The maximum atomic E-state index is 13.5. The molecule has 0 heterocycles. The number of quaternary nitrogens is 1. The number of hydrogen-bond acceptors (Lipinski definition) is 2. The van der Waals surface area contributed by atoms with Crippen molar-refractivity contribution in [3.05, 3.63) is 34.6 Å². The van der Waals surface area contributed by atoms with Gasteiger partial charge < -0.3 is 14.8 Å². The molecule has 0 saturated carbocycles. The van der Waals surface area contributed by atoms with Gasteiger partial charge in [-0.15, -0.1) is 0 Å². The first-order chi connectivity index (χ1) is 8.00. The lowest BCUT2D eigenvalue weighted by molar-refractivity contribution is -0.894. The Balaban J connectivity index is 2.50. The largest absolute Gasteiger partial charge is 0.550 e. The highest BCUT2D eigenvalue weighted by Gasteiger charge is 2.11. The van der Waals surface area contributed by atoms with Crippen LogP contribution in [-0.2, 0) is 11.3 Å². The summed E-state index contributed by atoms with van der Waals surface area (Å²) in [4.78, 5) is 11.3. The summed E-state index contributed by atoms with van der Waals surface area (Å²) in [6, 6.07) is 4.58. The van der Waals surface area contributed by atoms with Crippen molar-refractivity contribution in [2.45, 2.75) is 19.4 Å². The molecule has 1 atom stereocenters. The van der Waals surface area contributed by atoms with Crippen LogP contribution in [0.3, 0.4) is 0 Å². The van der Waals surface area contributed by atoms with Crippen LogP contribution in [0.2, 0.25) is 5.02 Å². The van der Waals surface area contributed by atoms with E-state index in [1.54, 1.807) is 12.1 Å². The lowest BCUT2D eigenvalue weighted by Gasteiger charge is -2.15. The molecule has 3 nitrogen and oxygen atoms in total. The number of halogens is 2. The average Bonchev–Trinajstić information content (AvgIpc) is 2.23. The second-order valence-corrected chi connectivity index (χ2v) is 4.47. The molecular formula is C12H15ClFNO2. The van der Waals surface area contributed by atoms with E-state index in [1.807, 2.05) is 7.05 Å². The number of benzene rings is 1. The molecule has 1 aromatic rings. The van der Waals surface area contributed by atoms with Gasteiger partial charge in [0.15, 0.2) is 0 Å². The molecule has 0 bridgehead atoms. The highest BCUT2D eigenvalue weighted by atomic mass is 35.5. The Bertz CT molecular complexity index is 378. The van der Waals surface area contributed by atoms with Crippen LogP contribution in [0.5, 0.6) is 0 Å². The van der Waals surface area contributed by atoms with E-state index in [9.17, 15) is 14.3 Å². The summed E-state index contributed by atoms with van der Waals surface area (Å²) in [5, 5.41) is 10.7. The summed E-state index contributed by atoms with van der Waals surface area (Å²) >= 11 is 5.90. The molecule has 94 valence electrons. The molecule has 0 aromatic heterocycles. The minimum Gasteiger partial charge on any atom is -0.550 e. The predicted octanol–water partition coefficient (Wildman–Crippen LogP) is 0.0239. The van der Waals surface area contributed by atoms with E-state index in [1.165, 1.54) is 6.07 Å². The van der Waals surface area contributed by atoms with Gasteiger partial charge in [-0.25, -0.2) is 4.39 Å². The van der Waals surface area contributed by atoms with Gasteiger partial charge in [0.2, 0.25) is 0 Å². The number of hydrogen-bond donors (Lipinski definition) is 1. The fraction of sp³-hybridized carbons (Fsp3) is 0.417. The number of carboxylic acid groups (broad SMARTS) is 1. The number of carboxylic acids is 1. The Kier molecular flexibility index (Phi) is 5.38. The van der Waals surface area contributed by atoms with Gasteiger partial charge in [0.25, 0.3) is 0 Å². The van der Waals surface area contributed by atoms with Crippen molar-refractivity contribution in [3.63, 3.8) is 0 Å². The van der Waals surface area contributed by atoms with Crippen LogP contribution in [0, 0.1) is 5.82 Å². The summed E-state index contributed by atoms with van der Waals surface area (Å²) in [5.74, 6) is -1.38. The van der Waals surface area contributed by atoms with Crippen molar-refractivity contribution in [3.8, 4) is 0 Å². The first kappa shape index (κ1) is 13.9. The van der Waals surface area contributed by atoms with E-state index < -0.39 is 5.97 Å². The van der Waals surface area contributed by atoms with Gasteiger partial charge in [-0.1, -0.05) is 17.7 Å².